The summed E-state index contributed by atoms with van der Waals surface area (Å²) in [6.07, 6.45) is 2.19. The lowest BCUT2D eigenvalue weighted by Gasteiger charge is -2.41. The molecule has 2 fully saturated rings. The van der Waals surface area contributed by atoms with E-state index in [-0.39, 0.29) is 6.04 Å². The van der Waals surface area contributed by atoms with E-state index in [1.54, 1.807) is 4.31 Å². The van der Waals surface area contributed by atoms with Gasteiger partial charge in [0.2, 0.25) is 10.0 Å². The molecule has 0 saturated carbocycles. The maximum atomic E-state index is 11.9. The van der Waals surface area contributed by atoms with Gasteiger partial charge in [0, 0.05) is 38.1 Å². The Morgan fingerprint density at radius 3 is 2.73 bits per heavy atom. The number of benzene rings is 1. The van der Waals surface area contributed by atoms with Crippen molar-refractivity contribution in [3.8, 4) is 0 Å². The minimum absolute atomic E-state index is 0.242. The lowest BCUT2D eigenvalue weighted by molar-refractivity contribution is 0.0769. The molecule has 0 N–H and O–H groups in total. The van der Waals surface area contributed by atoms with Gasteiger partial charge in [0.1, 0.15) is 0 Å². The van der Waals surface area contributed by atoms with Crippen LogP contribution < -0.4 is 0 Å². The first-order valence-corrected chi connectivity index (χ1v) is 9.70. The Labute approximate surface area is 132 Å². The Hall–Kier alpha value is -0.950. The van der Waals surface area contributed by atoms with Crippen molar-refractivity contribution in [2.45, 2.75) is 19.0 Å². The van der Waals surface area contributed by atoms with Gasteiger partial charge < -0.3 is 4.74 Å². The van der Waals surface area contributed by atoms with E-state index >= 15 is 0 Å². The molecule has 122 valence electrons. The van der Waals surface area contributed by atoms with Crippen LogP contribution in [0.15, 0.2) is 30.3 Å². The van der Waals surface area contributed by atoms with Gasteiger partial charge in [0.05, 0.1) is 19.5 Å². The van der Waals surface area contributed by atoms with E-state index in [1.807, 2.05) is 18.2 Å². The lowest BCUT2D eigenvalue weighted by Crippen LogP contribution is -2.53. The van der Waals surface area contributed by atoms with Gasteiger partial charge in [-0.05, 0) is 12.0 Å². The van der Waals surface area contributed by atoms with Crippen molar-refractivity contribution in [3.05, 3.63) is 35.9 Å². The zero-order valence-electron chi connectivity index (χ0n) is 13.0. The number of ether oxygens (including phenoxy) is 1. The fraction of sp³-hybridized carbons (Fsp3) is 0.625. The van der Waals surface area contributed by atoms with E-state index in [1.165, 1.54) is 11.8 Å². The summed E-state index contributed by atoms with van der Waals surface area (Å²) in [5.74, 6) is 0.421. The van der Waals surface area contributed by atoms with Crippen molar-refractivity contribution in [3.63, 3.8) is 0 Å². The fourth-order valence-corrected chi connectivity index (χ4v) is 4.32. The lowest BCUT2D eigenvalue weighted by atomic mass is 9.92. The number of hydrogen-bond donors (Lipinski definition) is 0. The number of piperidine rings is 1. The van der Waals surface area contributed by atoms with Crippen molar-refractivity contribution in [1.82, 2.24) is 9.21 Å². The van der Waals surface area contributed by atoms with Crippen LogP contribution in [0.25, 0.3) is 0 Å². The Bertz CT molecular complexity index is 591. The molecule has 0 aromatic heterocycles. The standard InChI is InChI=1S/C16H24N2O3S/c1-22(19,20)18-8-7-15-13-21-10-9-17(16(15)12-18)11-14-5-3-2-4-6-14/h2-6,15-16H,7-13H2,1H3/t15-,16-/m1/s1. The Kier molecular flexibility index (Phi) is 4.82. The van der Waals surface area contributed by atoms with Gasteiger partial charge in [-0.25, -0.2) is 12.7 Å². The normalized spacial score (nSPS) is 28.0. The van der Waals surface area contributed by atoms with Crippen LogP contribution in [0.4, 0.5) is 0 Å². The molecular formula is C16H24N2O3S. The molecule has 1 aromatic carbocycles. The molecule has 0 bridgehead atoms. The molecule has 2 aliphatic heterocycles. The van der Waals surface area contributed by atoms with Crippen molar-refractivity contribution in [2.75, 3.05) is 39.1 Å². The van der Waals surface area contributed by atoms with Gasteiger partial charge in [0.15, 0.2) is 0 Å². The van der Waals surface area contributed by atoms with Crippen LogP contribution in [-0.2, 0) is 21.3 Å². The van der Waals surface area contributed by atoms with Crippen LogP contribution in [0, 0.1) is 5.92 Å². The second kappa shape index (κ2) is 6.66. The van der Waals surface area contributed by atoms with Crippen molar-refractivity contribution < 1.29 is 13.2 Å². The number of sulfonamides is 1. The molecule has 0 unspecified atom stereocenters. The highest BCUT2D eigenvalue weighted by Gasteiger charge is 2.37. The molecule has 22 heavy (non-hydrogen) atoms. The number of hydrogen-bond acceptors (Lipinski definition) is 4. The zero-order valence-corrected chi connectivity index (χ0v) is 13.8. The predicted molar refractivity (Wildman–Crippen MR) is 86.0 cm³/mol. The Morgan fingerprint density at radius 2 is 2.00 bits per heavy atom. The summed E-state index contributed by atoms with van der Waals surface area (Å²) in [4.78, 5) is 2.39. The topological polar surface area (TPSA) is 49.9 Å². The molecule has 0 spiro atoms. The van der Waals surface area contributed by atoms with Crippen LogP contribution in [0.1, 0.15) is 12.0 Å². The van der Waals surface area contributed by atoms with Gasteiger partial charge >= 0.3 is 0 Å². The van der Waals surface area contributed by atoms with E-state index in [0.29, 0.717) is 19.0 Å². The monoisotopic (exact) mass is 324 g/mol. The highest BCUT2D eigenvalue weighted by Crippen LogP contribution is 2.27. The van der Waals surface area contributed by atoms with Crippen molar-refractivity contribution in [2.24, 2.45) is 5.92 Å². The molecule has 2 saturated heterocycles. The van der Waals surface area contributed by atoms with Crippen LogP contribution in [0.2, 0.25) is 0 Å². The van der Waals surface area contributed by atoms with Crippen molar-refractivity contribution >= 4 is 10.0 Å². The number of fused-ring (bicyclic) bond motifs is 1. The Morgan fingerprint density at radius 1 is 1.23 bits per heavy atom. The first-order valence-electron chi connectivity index (χ1n) is 7.85. The largest absolute Gasteiger partial charge is 0.380 e. The molecule has 5 nitrogen and oxygen atoms in total. The summed E-state index contributed by atoms with van der Waals surface area (Å²) in [6.45, 7) is 4.37. The highest BCUT2D eigenvalue weighted by molar-refractivity contribution is 7.88. The number of nitrogens with zero attached hydrogens (tertiary/aromatic N) is 2. The first-order chi connectivity index (χ1) is 10.5. The van der Waals surface area contributed by atoms with E-state index in [9.17, 15) is 8.42 Å². The minimum atomic E-state index is -3.12. The van der Waals surface area contributed by atoms with Crippen LogP contribution in [0.5, 0.6) is 0 Å². The zero-order chi connectivity index (χ0) is 15.6. The maximum absolute atomic E-state index is 11.9. The van der Waals surface area contributed by atoms with Crippen LogP contribution in [0.3, 0.4) is 0 Å². The van der Waals surface area contributed by atoms with Crippen LogP contribution >= 0.6 is 0 Å². The quantitative estimate of drug-likeness (QED) is 0.837. The summed E-state index contributed by atoms with van der Waals surface area (Å²) in [5.41, 5.74) is 1.26. The third kappa shape index (κ3) is 3.68. The van der Waals surface area contributed by atoms with Crippen LogP contribution in [-0.4, -0.2) is 62.8 Å². The van der Waals surface area contributed by atoms with Gasteiger partial charge in [0.25, 0.3) is 0 Å². The third-order valence-corrected chi connectivity index (χ3v) is 5.98. The van der Waals surface area contributed by atoms with E-state index < -0.39 is 10.0 Å². The van der Waals surface area contributed by atoms with Gasteiger partial charge in [-0.2, -0.15) is 0 Å². The third-order valence-electron chi connectivity index (χ3n) is 4.71. The molecular weight excluding hydrogens is 300 g/mol. The van der Waals surface area contributed by atoms with Gasteiger partial charge in [-0.3, -0.25) is 4.90 Å². The van der Waals surface area contributed by atoms with Gasteiger partial charge in [-0.15, -0.1) is 0 Å². The molecule has 0 amide bonds. The first kappa shape index (κ1) is 15.9. The second-order valence-corrected chi connectivity index (χ2v) is 8.25. The molecule has 2 atom stereocenters. The average molecular weight is 324 g/mol. The maximum Gasteiger partial charge on any atom is 0.211 e. The molecule has 3 rings (SSSR count). The molecule has 6 heteroatoms. The summed E-state index contributed by atoms with van der Waals surface area (Å²) in [7, 11) is -3.12. The molecule has 2 aliphatic rings. The fourth-order valence-electron chi connectivity index (χ4n) is 3.46. The smallest absolute Gasteiger partial charge is 0.211 e. The average Bonchev–Trinajstić information content (AvgIpc) is 2.69. The minimum Gasteiger partial charge on any atom is -0.380 e. The molecule has 2 heterocycles. The summed E-state index contributed by atoms with van der Waals surface area (Å²) < 4.78 is 31.1. The van der Waals surface area contributed by atoms with E-state index in [4.69, 9.17) is 4.74 Å². The summed E-state index contributed by atoms with van der Waals surface area (Å²) in [6, 6.07) is 10.6. The SMILES string of the molecule is CS(=O)(=O)N1CC[C@@H]2COCCN(Cc3ccccc3)[C@@H]2C1. The van der Waals surface area contributed by atoms with Gasteiger partial charge in [-0.1, -0.05) is 30.3 Å². The highest BCUT2D eigenvalue weighted by atomic mass is 32.2. The second-order valence-electron chi connectivity index (χ2n) is 6.27. The number of rotatable bonds is 3. The van der Waals surface area contributed by atoms with E-state index in [2.05, 4.69) is 17.0 Å². The molecule has 0 aliphatic carbocycles. The van der Waals surface area contributed by atoms with Crippen molar-refractivity contribution in [1.29, 1.82) is 0 Å². The summed E-state index contributed by atoms with van der Waals surface area (Å²) in [5, 5.41) is 0. The molecule has 1 aromatic rings. The Balaban J connectivity index is 1.78. The summed E-state index contributed by atoms with van der Waals surface area (Å²) >= 11 is 0. The molecule has 0 radical (unpaired) electrons. The predicted octanol–water partition coefficient (Wildman–Crippen LogP) is 1.17. The van der Waals surface area contributed by atoms with E-state index in [0.717, 1.165) is 32.7 Å².